The Labute approximate surface area is 165 Å². The number of nitrogens with zero attached hydrogens (tertiary/aromatic N) is 2. The predicted molar refractivity (Wildman–Crippen MR) is 109 cm³/mol. The van der Waals surface area contributed by atoms with Crippen molar-refractivity contribution in [3.63, 3.8) is 0 Å². The zero-order valence-electron chi connectivity index (χ0n) is 15.9. The van der Waals surface area contributed by atoms with Crippen molar-refractivity contribution >= 4 is 32.7 Å². The molecule has 2 heterocycles. The van der Waals surface area contributed by atoms with E-state index in [1.54, 1.807) is 7.11 Å². The number of methoxy groups -OCH3 is 1. The minimum absolute atomic E-state index is 0.0330. The van der Waals surface area contributed by atoms with Crippen LogP contribution in [-0.4, -0.2) is 60.8 Å². The number of fused-ring (bicyclic) bond motifs is 1. The Kier molecular flexibility index (Phi) is 6.15. The van der Waals surface area contributed by atoms with E-state index in [0.29, 0.717) is 11.7 Å². The Balaban J connectivity index is 1.77. The lowest BCUT2D eigenvalue weighted by Crippen LogP contribution is -2.39. The van der Waals surface area contributed by atoms with Crippen molar-refractivity contribution in [2.24, 2.45) is 10.9 Å². The number of hydrogen-bond donors (Lipinski definition) is 0. The van der Waals surface area contributed by atoms with Crippen LogP contribution in [0.5, 0.6) is 5.75 Å². The fraction of sp³-hybridized carbons (Fsp3) is 0.579. The Hall–Kier alpha value is -1.54. The van der Waals surface area contributed by atoms with E-state index in [2.05, 4.69) is 4.99 Å². The maximum atomic E-state index is 12.3. The minimum Gasteiger partial charge on any atom is -0.497 e. The first-order valence-electron chi connectivity index (χ1n) is 9.22. The summed E-state index contributed by atoms with van der Waals surface area (Å²) in [4.78, 5) is 18.7. The lowest BCUT2D eigenvalue weighted by atomic mass is 10.1. The van der Waals surface area contributed by atoms with Crippen LogP contribution in [0.2, 0.25) is 0 Å². The fourth-order valence-corrected chi connectivity index (χ4v) is 7.30. The lowest BCUT2D eigenvalue weighted by molar-refractivity contribution is -0.121. The highest BCUT2D eigenvalue weighted by Crippen LogP contribution is 2.38. The Morgan fingerprint density at radius 2 is 2.04 bits per heavy atom. The molecule has 2 aliphatic heterocycles. The molecule has 3 rings (SSSR count). The predicted octanol–water partition coefficient (Wildman–Crippen LogP) is 2.38. The number of carbonyl (C=O) groups excluding carboxylic acids is 1. The van der Waals surface area contributed by atoms with Gasteiger partial charge in [0, 0.05) is 17.7 Å². The van der Waals surface area contributed by atoms with Crippen LogP contribution in [0.4, 0.5) is 0 Å². The molecule has 3 atom stereocenters. The summed E-state index contributed by atoms with van der Waals surface area (Å²) >= 11 is 1.45. The van der Waals surface area contributed by atoms with Gasteiger partial charge in [0.1, 0.15) is 5.75 Å². The molecule has 148 valence electrons. The second-order valence-electron chi connectivity index (χ2n) is 7.13. The van der Waals surface area contributed by atoms with Gasteiger partial charge in [-0.3, -0.25) is 4.79 Å². The monoisotopic (exact) mass is 410 g/mol. The standard InChI is InChI=1S/C19H26N2O4S2/c1-4-13(2)18(22)20-19-21(16-11-27(23,24)12-17(16)26-19)10-9-14-5-7-15(25-3)8-6-14/h5-8,13,16-17H,4,9-12H2,1-3H3/t13-,16-,17+/m0/s1. The number of hydrogen-bond acceptors (Lipinski definition) is 5. The quantitative estimate of drug-likeness (QED) is 0.717. The van der Waals surface area contributed by atoms with Gasteiger partial charge in [0.05, 0.1) is 24.7 Å². The first-order valence-corrected chi connectivity index (χ1v) is 11.9. The summed E-state index contributed by atoms with van der Waals surface area (Å²) in [6, 6.07) is 7.75. The van der Waals surface area contributed by atoms with Crippen LogP contribution in [0.1, 0.15) is 25.8 Å². The van der Waals surface area contributed by atoms with Crippen molar-refractivity contribution in [3.8, 4) is 5.75 Å². The molecular weight excluding hydrogens is 384 g/mol. The van der Waals surface area contributed by atoms with Gasteiger partial charge in [-0.1, -0.05) is 37.7 Å². The topological polar surface area (TPSA) is 76.0 Å². The van der Waals surface area contributed by atoms with E-state index >= 15 is 0 Å². The molecule has 0 spiro atoms. The highest BCUT2D eigenvalue weighted by molar-refractivity contribution is 8.15. The number of benzene rings is 1. The van der Waals surface area contributed by atoms with Crippen molar-refractivity contribution < 1.29 is 17.9 Å². The van der Waals surface area contributed by atoms with Crippen molar-refractivity contribution in [3.05, 3.63) is 29.8 Å². The SMILES string of the molecule is CC[C@H](C)C(=O)N=C1S[C@@H]2CS(=O)(=O)C[C@@H]2N1CCc1ccc(OC)cc1. The molecule has 1 amide bonds. The van der Waals surface area contributed by atoms with E-state index in [1.165, 1.54) is 11.8 Å². The van der Waals surface area contributed by atoms with E-state index in [-0.39, 0.29) is 34.6 Å². The second kappa shape index (κ2) is 8.22. The van der Waals surface area contributed by atoms with Crippen LogP contribution in [0.15, 0.2) is 29.3 Å². The molecule has 8 heteroatoms. The van der Waals surface area contributed by atoms with Gasteiger partial charge in [-0.25, -0.2) is 8.42 Å². The molecular formula is C19H26N2O4S2. The number of aliphatic imine (C=N–C) groups is 1. The van der Waals surface area contributed by atoms with Crippen LogP contribution in [0.25, 0.3) is 0 Å². The first-order chi connectivity index (χ1) is 12.8. The van der Waals surface area contributed by atoms with Crippen LogP contribution in [0.3, 0.4) is 0 Å². The molecule has 2 aliphatic rings. The largest absolute Gasteiger partial charge is 0.497 e. The van der Waals surface area contributed by atoms with Crippen molar-refractivity contribution in [1.29, 1.82) is 0 Å². The van der Waals surface area contributed by atoms with Crippen molar-refractivity contribution in [2.75, 3.05) is 25.2 Å². The molecule has 1 aromatic carbocycles. The summed E-state index contributed by atoms with van der Waals surface area (Å²) in [5.41, 5.74) is 1.14. The van der Waals surface area contributed by atoms with Gasteiger partial charge >= 0.3 is 0 Å². The summed E-state index contributed by atoms with van der Waals surface area (Å²) in [6.45, 7) is 4.48. The number of ether oxygens (including phenoxy) is 1. The maximum absolute atomic E-state index is 12.3. The molecule has 0 aromatic heterocycles. The van der Waals surface area contributed by atoms with Crippen LogP contribution in [0, 0.1) is 5.92 Å². The zero-order valence-corrected chi connectivity index (χ0v) is 17.6. The third-order valence-electron chi connectivity index (χ3n) is 5.22. The second-order valence-corrected chi connectivity index (χ2v) is 10.5. The Morgan fingerprint density at radius 3 is 2.67 bits per heavy atom. The molecule has 2 fully saturated rings. The van der Waals surface area contributed by atoms with Gasteiger partial charge in [0.15, 0.2) is 15.0 Å². The smallest absolute Gasteiger partial charge is 0.250 e. The third kappa shape index (κ3) is 4.66. The first kappa shape index (κ1) is 20.2. The minimum atomic E-state index is -3.02. The Bertz CT molecular complexity index is 821. The number of rotatable bonds is 6. The zero-order chi connectivity index (χ0) is 19.6. The molecule has 2 saturated heterocycles. The summed E-state index contributed by atoms with van der Waals surface area (Å²) < 4.78 is 29.3. The molecule has 0 radical (unpaired) electrons. The van der Waals surface area contributed by atoms with E-state index in [0.717, 1.165) is 24.2 Å². The summed E-state index contributed by atoms with van der Waals surface area (Å²) in [7, 11) is -1.39. The number of carbonyl (C=O) groups is 1. The molecule has 0 N–H and O–H groups in total. The highest BCUT2D eigenvalue weighted by Gasteiger charge is 2.48. The molecule has 0 aliphatic carbocycles. The summed E-state index contributed by atoms with van der Waals surface area (Å²) in [5, 5.41) is 0.646. The molecule has 0 bridgehead atoms. The molecule has 27 heavy (non-hydrogen) atoms. The van der Waals surface area contributed by atoms with E-state index in [1.807, 2.05) is 43.0 Å². The summed E-state index contributed by atoms with van der Waals surface area (Å²) in [5.74, 6) is 0.865. The average Bonchev–Trinajstić information content (AvgIpc) is 3.10. The lowest BCUT2D eigenvalue weighted by Gasteiger charge is -2.24. The van der Waals surface area contributed by atoms with Crippen LogP contribution in [-0.2, 0) is 21.1 Å². The van der Waals surface area contributed by atoms with E-state index in [4.69, 9.17) is 4.74 Å². The van der Waals surface area contributed by atoms with Gasteiger partial charge in [-0.2, -0.15) is 4.99 Å². The number of amidine groups is 1. The highest BCUT2D eigenvalue weighted by atomic mass is 32.2. The van der Waals surface area contributed by atoms with Crippen molar-refractivity contribution in [1.82, 2.24) is 4.90 Å². The molecule has 0 saturated carbocycles. The fourth-order valence-electron chi connectivity index (χ4n) is 3.32. The molecule has 1 aromatic rings. The third-order valence-corrected chi connectivity index (χ3v) is 8.46. The number of thioether (sulfide) groups is 1. The van der Waals surface area contributed by atoms with Gasteiger partial charge in [-0.15, -0.1) is 0 Å². The van der Waals surface area contributed by atoms with E-state index < -0.39 is 9.84 Å². The molecule has 0 unspecified atom stereocenters. The van der Waals surface area contributed by atoms with Gasteiger partial charge in [0.25, 0.3) is 5.91 Å². The Morgan fingerprint density at radius 1 is 1.33 bits per heavy atom. The summed E-state index contributed by atoms with van der Waals surface area (Å²) in [6.07, 6.45) is 1.50. The number of amides is 1. The van der Waals surface area contributed by atoms with Gasteiger partial charge in [-0.05, 0) is 30.5 Å². The average molecular weight is 411 g/mol. The van der Waals surface area contributed by atoms with E-state index in [9.17, 15) is 13.2 Å². The van der Waals surface area contributed by atoms with Gasteiger partial charge < -0.3 is 9.64 Å². The molecule has 6 nitrogen and oxygen atoms in total. The van der Waals surface area contributed by atoms with Crippen LogP contribution >= 0.6 is 11.8 Å². The van der Waals surface area contributed by atoms with Gasteiger partial charge in [0.2, 0.25) is 0 Å². The van der Waals surface area contributed by atoms with Crippen LogP contribution < -0.4 is 4.74 Å². The number of sulfone groups is 1. The van der Waals surface area contributed by atoms with Crippen molar-refractivity contribution in [2.45, 2.75) is 38.0 Å². The normalized spacial score (nSPS) is 26.2. The maximum Gasteiger partial charge on any atom is 0.250 e.